The topological polar surface area (TPSA) is 38.0 Å². The maximum atomic E-state index is 5.78. The molecule has 0 spiro atoms. The van der Waals surface area contributed by atoms with E-state index < -0.39 is 0 Å². The molecule has 0 aromatic heterocycles. The van der Waals surface area contributed by atoms with E-state index >= 15 is 0 Å². The van der Waals surface area contributed by atoms with Gasteiger partial charge in [0.1, 0.15) is 0 Å². The second-order valence-corrected chi connectivity index (χ2v) is 3.63. The van der Waals surface area contributed by atoms with Gasteiger partial charge < -0.3 is 5.73 Å². The number of hydrogen-bond acceptors (Lipinski definition) is 2. The van der Waals surface area contributed by atoms with E-state index in [1.165, 1.54) is 0 Å². The van der Waals surface area contributed by atoms with Gasteiger partial charge in [-0.3, -0.25) is 0 Å². The monoisotopic (exact) mass is 150 g/mol. The van der Waals surface area contributed by atoms with Gasteiger partial charge in [-0.05, 0) is 39.5 Å². The molecule has 0 aromatic carbocycles. The van der Waals surface area contributed by atoms with Gasteiger partial charge in [-0.25, -0.2) is 4.84 Å². The molecule has 2 nitrogen and oxygen atoms in total. The Morgan fingerprint density at radius 3 is 1.56 bits per heavy atom. The van der Waals surface area contributed by atoms with Gasteiger partial charge in [0.05, 0.1) is 0 Å². The Balaban J connectivity index is 4.14. The molecule has 0 saturated carbocycles. The van der Waals surface area contributed by atoms with Crippen molar-refractivity contribution >= 4 is 11.8 Å². The van der Waals surface area contributed by atoms with Crippen LogP contribution in [0.5, 0.6) is 0 Å². The van der Waals surface area contributed by atoms with E-state index in [4.69, 9.17) is 17.5 Å². The zero-order valence-corrected chi connectivity index (χ0v) is 7.21. The minimum atomic E-state index is -0.297. The lowest BCUT2D eigenvalue weighted by Gasteiger charge is -2.36. The molecule has 0 aliphatic carbocycles. The molecular weight excluding hydrogens is 136 g/mol. The molecule has 9 heavy (non-hydrogen) atoms. The highest BCUT2D eigenvalue weighted by Crippen LogP contribution is 2.17. The first kappa shape index (κ1) is 9.21. The summed E-state index contributed by atoms with van der Waals surface area (Å²) in [5.74, 6) is 0. The lowest BCUT2D eigenvalue weighted by Crippen LogP contribution is -2.58. The van der Waals surface area contributed by atoms with E-state index in [-0.39, 0.29) is 11.1 Å². The fraction of sp³-hybridized carbons (Fsp3) is 1.00. The highest BCUT2D eigenvalue weighted by molar-refractivity contribution is 6.13. The third-order valence-electron chi connectivity index (χ3n) is 1.85. The fourth-order valence-corrected chi connectivity index (χ4v) is 0.365. The van der Waals surface area contributed by atoms with Crippen LogP contribution in [0.4, 0.5) is 0 Å². The summed E-state index contributed by atoms with van der Waals surface area (Å²) in [5, 5.41) is 0. The van der Waals surface area contributed by atoms with Crippen LogP contribution in [0.3, 0.4) is 0 Å². The summed E-state index contributed by atoms with van der Waals surface area (Å²) in [5.41, 5.74) is 5.25. The minimum Gasteiger partial charge on any atom is -0.324 e. The Morgan fingerprint density at radius 1 is 1.22 bits per heavy atom. The Morgan fingerprint density at radius 2 is 1.56 bits per heavy atom. The van der Waals surface area contributed by atoms with Gasteiger partial charge in [0, 0.05) is 11.1 Å². The molecule has 0 aliphatic rings. The van der Waals surface area contributed by atoms with Crippen LogP contribution in [0.15, 0.2) is 0 Å². The summed E-state index contributed by atoms with van der Waals surface area (Å²) in [4.78, 5) is 2.63. The second-order valence-electron chi connectivity index (χ2n) is 3.44. The third kappa shape index (κ3) is 2.12. The van der Waals surface area contributed by atoms with Gasteiger partial charge in [-0.2, -0.15) is 0 Å². The molecule has 0 heterocycles. The van der Waals surface area contributed by atoms with E-state index in [1.54, 1.807) is 0 Å². The summed E-state index contributed by atoms with van der Waals surface area (Å²) in [6, 6.07) is 0. The lowest BCUT2D eigenvalue weighted by molar-refractivity contribution is 0.285. The number of hydrogen-bond donors (Lipinski definition) is 2. The normalized spacial score (nSPS) is 14.0. The van der Waals surface area contributed by atoms with E-state index in [0.29, 0.717) is 0 Å². The highest BCUT2D eigenvalue weighted by Gasteiger charge is 2.32. The first-order valence-electron chi connectivity index (χ1n) is 2.98. The van der Waals surface area contributed by atoms with Crippen LogP contribution in [0, 0.1) is 0 Å². The zero-order chi connectivity index (χ0) is 7.71. The van der Waals surface area contributed by atoms with Crippen LogP contribution in [0.1, 0.15) is 27.7 Å². The maximum Gasteiger partial charge on any atom is 0.0449 e. The average Bonchev–Trinajstić information content (AvgIpc) is 1.64. The van der Waals surface area contributed by atoms with Crippen LogP contribution >= 0.6 is 11.8 Å². The molecule has 0 unspecified atom stereocenters. The van der Waals surface area contributed by atoms with Crippen molar-refractivity contribution in [3.05, 3.63) is 0 Å². The highest BCUT2D eigenvalue weighted by atomic mass is 35.5. The van der Waals surface area contributed by atoms with E-state index in [1.807, 2.05) is 27.7 Å². The van der Waals surface area contributed by atoms with E-state index in [9.17, 15) is 0 Å². The molecule has 0 aromatic rings. The summed E-state index contributed by atoms with van der Waals surface area (Å²) in [7, 11) is 0. The molecule has 0 aliphatic heterocycles. The summed E-state index contributed by atoms with van der Waals surface area (Å²) in [6.07, 6.45) is 0. The van der Waals surface area contributed by atoms with Crippen molar-refractivity contribution in [2.45, 2.75) is 38.8 Å². The molecule has 3 N–H and O–H groups in total. The Labute approximate surface area is 61.9 Å². The summed E-state index contributed by atoms with van der Waals surface area (Å²) < 4.78 is 0. The third-order valence-corrected chi connectivity index (χ3v) is 2.32. The van der Waals surface area contributed by atoms with Gasteiger partial charge in [-0.15, -0.1) is 0 Å². The summed E-state index contributed by atoms with van der Waals surface area (Å²) in [6.45, 7) is 7.78. The molecular formula is C6H15ClN2. The number of halogens is 1. The predicted molar refractivity (Wildman–Crippen MR) is 41.3 cm³/mol. The van der Waals surface area contributed by atoms with Crippen molar-refractivity contribution in [1.29, 1.82) is 0 Å². The van der Waals surface area contributed by atoms with Gasteiger partial charge in [0.15, 0.2) is 0 Å². The standard InChI is InChI=1S/C6H15ClN2/c1-5(2,8)6(3,4)9-7/h9H,8H2,1-4H3. The molecule has 0 amide bonds. The number of nitrogens with one attached hydrogen (secondary N) is 1. The minimum absolute atomic E-state index is 0.228. The zero-order valence-electron chi connectivity index (χ0n) is 6.46. The van der Waals surface area contributed by atoms with Crippen LogP contribution < -0.4 is 10.6 Å². The predicted octanol–water partition coefficient (Wildman–Crippen LogP) is 1.25. The number of nitrogens with two attached hydrogens (primary N) is 1. The lowest BCUT2D eigenvalue weighted by atomic mass is 9.85. The van der Waals surface area contributed by atoms with Crippen LogP contribution in [-0.4, -0.2) is 11.1 Å². The fourth-order valence-electron chi connectivity index (χ4n) is 0.122. The Kier molecular flexibility index (Phi) is 2.50. The molecule has 0 fully saturated rings. The largest absolute Gasteiger partial charge is 0.324 e. The van der Waals surface area contributed by atoms with E-state index in [2.05, 4.69) is 4.84 Å². The Bertz CT molecular complexity index is 93.7. The molecule has 56 valence electrons. The van der Waals surface area contributed by atoms with Crippen molar-refractivity contribution in [2.75, 3.05) is 0 Å². The van der Waals surface area contributed by atoms with Crippen molar-refractivity contribution < 1.29 is 0 Å². The Hall–Kier alpha value is 0.210. The molecule has 0 atom stereocenters. The van der Waals surface area contributed by atoms with Crippen molar-refractivity contribution in [1.82, 2.24) is 4.84 Å². The van der Waals surface area contributed by atoms with Crippen LogP contribution in [-0.2, 0) is 0 Å². The van der Waals surface area contributed by atoms with Crippen molar-refractivity contribution in [3.8, 4) is 0 Å². The van der Waals surface area contributed by atoms with Gasteiger partial charge in [0.25, 0.3) is 0 Å². The van der Waals surface area contributed by atoms with Crippen molar-refractivity contribution in [2.24, 2.45) is 5.73 Å². The smallest absolute Gasteiger partial charge is 0.0449 e. The molecule has 0 saturated heterocycles. The first-order chi connectivity index (χ1) is 3.81. The van der Waals surface area contributed by atoms with Gasteiger partial charge >= 0.3 is 0 Å². The molecule has 0 rings (SSSR count). The van der Waals surface area contributed by atoms with E-state index in [0.717, 1.165) is 0 Å². The van der Waals surface area contributed by atoms with Gasteiger partial charge in [-0.1, -0.05) is 0 Å². The average molecular weight is 151 g/mol. The summed E-state index contributed by atoms with van der Waals surface area (Å²) >= 11 is 5.45. The van der Waals surface area contributed by atoms with Crippen molar-refractivity contribution in [3.63, 3.8) is 0 Å². The first-order valence-corrected chi connectivity index (χ1v) is 3.36. The maximum absolute atomic E-state index is 5.78. The molecule has 0 bridgehead atoms. The molecule has 0 radical (unpaired) electrons. The SMILES string of the molecule is CC(C)(N)C(C)(C)NCl. The van der Waals surface area contributed by atoms with Gasteiger partial charge in [0.2, 0.25) is 0 Å². The quantitative estimate of drug-likeness (QED) is 0.582. The van der Waals surface area contributed by atoms with Crippen LogP contribution in [0.25, 0.3) is 0 Å². The van der Waals surface area contributed by atoms with Crippen LogP contribution in [0.2, 0.25) is 0 Å². The second kappa shape index (κ2) is 2.45. The molecule has 3 heteroatoms. The number of rotatable bonds is 2.